The SMILES string of the molecule is C1=CC(c2ccc(-c3cccc4c3oc3c(-c5ccc(N(c6ccccc6)c6cccc7ccccc67)c6ccccc56)cccc34)cc2)=CCC1. The second kappa shape index (κ2) is 12.6. The fraction of sp³-hybridized carbons (Fsp3) is 0.0400. The molecule has 2 nitrogen and oxygen atoms in total. The van der Waals surface area contributed by atoms with Crippen LogP contribution in [0.2, 0.25) is 0 Å². The number of anilines is 3. The summed E-state index contributed by atoms with van der Waals surface area (Å²) >= 11 is 0. The van der Waals surface area contributed by atoms with Crippen LogP contribution in [-0.2, 0) is 0 Å². The van der Waals surface area contributed by atoms with Gasteiger partial charge < -0.3 is 9.32 Å². The van der Waals surface area contributed by atoms with Crippen molar-refractivity contribution < 1.29 is 4.42 Å². The van der Waals surface area contributed by atoms with E-state index in [1.165, 1.54) is 32.7 Å². The van der Waals surface area contributed by atoms with Gasteiger partial charge in [-0.3, -0.25) is 0 Å². The highest BCUT2D eigenvalue weighted by molar-refractivity contribution is 6.16. The Bertz CT molecular complexity index is 2830. The van der Waals surface area contributed by atoms with Crippen molar-refractivity contribution in [3.8, 4) is 22.3 Å². The average Bonchev–Trinajstić information content (AvgIpc) is 3.61. The van der Waals surface area contributed by atoms with Crippen LogP contribution in [0.4, 0.5) is 17.1 Å². The molecule has 0 amide bonds. The van der Waals surface area contributed by atoms with Crippen molar-refractivity contribution in [1.29, 1.82) is 0 Å². The maximum atomic E-state index is 6.95. The first-order valence-electron chi connectivity index (χ1n) is 18.1. The summed E-state index contributed by atoms with van der Waals surface area (Å²) in [6.07, 6.45) is 9.04. The number of fused-ring (bicyclic) bond motifs is 5. The molecule has 0 saturated heterocycles. The van der Waals surface area contributed by atoms with E-state index in [2.05, 4.69) is 193 Å². The number of nitrogens with zero attached hydrogens (tertiary/aromatic N) is 1. The first-order valence-corrected chi connectivity index (χ1v) is 18.1. The molecule has 10 rings (SSSR count). The summed E-state index contributed by atoms with van der Waals surface area (Å²) in [6, 6.07) is 61.2. The molecule has 0 bridgehead atoms. The van der Waals surface area contributed by atoms with Gasteiger partial charge in [-0.2, -0.15) is 0 Å². The number of hydrogen-bond acceptors (Lipinski definition) is 2. The smallest absolute Gasteiger partial charge is 0.143 e. The van der Waals surface area contributed by atoms with E-state index in [9.17, 15) is 0 Å². The summed E-state index contributed by atoms with van der Waals surface area (Å²) < 4.78 is 6.95. The number of benzene rings is 8. The molecule has 52 heavy (non-hydrogen) atoms. The van der Waals surface area contributed by atoms with Crippen molar-refractivity contribution in [3.63, 3.8) is 0 Å². The van der Waals surface area contributed by atoms with Crippen molar-refractivity contribution >= 4 is 66.1 Å². The van der Waals surface area contributed by atoms with Gasteiger partial charge in [-0.15, -0.1) is 0 Å². The van der Waals surface area contributed by atoms with E-state index in [0.29, 0.717) is 0 Å². The van der Waals surface area contributed by atoms with Crippen LogP contribution in [0.5, 0.6) is 0 Å². The highest BCUT2D eigenvalue weighted by Crippen LogP contribution is 2.46. The molecular weight excluding hydrogens is 631 g/mol. The Morgan fingerprint density at radius 3 is 1.81 bits per heavy atom. The van der Waals surface area contributed by atoms with Crippen LogP contribution in [0.1, 0.15) is 18.4 Å². The minimum Gasteiger partial charge on any atom is -0.455 e. The summed E-state index contributed by atoms with van der Waals surface area (Å²) in [5, 5.41) is 7.03. The third-order valence-corrected chi connectivity index (χ3v) is 10.5. The molecule has 2 heteroatoms. The minimum atomic E-state index is 0.908. The Morgan fingerprint density at radius 2 is 1.02 bits per heavy atom. The van der Waals surface area contributed by atoms with E-state index in [1.807, 2.05) is 0 Å². The molecule has 0 unspecified atom stereocenters. The molecule has 1 aliphatic carbocycles. The number of hydrogen-bond donors (Lipinski definition) is 0. The fourth-order valence-electron chi connectivity index (χ4n) is 8.03. The summed E-state index contributed by atoms with van der Waals surface area (Å²) in [5.74, 6) is 0. The first kappa shape index (κ1) is 30.2. The molecule has 8 aromatic carbocycles. The summed E-state index contributed by atoms with van der Waals surface area (Å²) in [5.41, 5.74) is 12.3. The maximum absolute atomic E-state index is 6.95. The van der Waals surface area contributed by atoms with Gasteiger partial charge >= 0.3 is 0 Å². The maximum Gasteiger partial charge on any atom is 0.143 e. The van der Waals surface area contributed by atoms with Crippen LogP contribution in [0.15, 0.2) is 193 Å². The Balaban J connectivity index is 1.14. The average molecular weight is 666 g/mol. The number of rotatable bonds is 6. The molecule has 0 spiro atoms. The zero-order chi connectivity index (χ0) is 34.4. The molecule has 0 fully saturated rings. The third-order valence-electron chi connectivity index (χ3n) is 10.5. The van der Waals surface area contributed by atoms with Crippen LogP contribution in [-0.4, -0.2) is 0 Å². The van der Waals surface area contributed by atoms with Crippen LogP contribution in [0.3, 0.4) is 0 Å². The van der Waals surface area contributed by atoms with Crippen molar-refractivity contribution in [2.75, 3.05) is 4.90 Å². The van der Waals surface area contributed by atoms with E-state index in [4.69, 9.17) is 4.42 Å². The van der Waals surface area contributed by atoms with Crippen molar-refractivity contribution in [2.24, 2.45) is 0 Å². The molecule has 0 atom stereocenters. The third kappa shape index (κ3) is 5.03. The van der Waals surface area contributed by atoms with Crippen molar-refractivity contribution in [1.82, 2.24) is 0 Å². The lowest BCUT2D eigenvalue weighted by Gasteiger charge is -2.28. The zero-order valence-corrected chi connectivity index (χ0v) is 28.7. The van der Waals surface area contributed by atoms with E-state index in [-0.39, 0.29) is 0 Å². The molecule has 1 heterocycles. The van der Waals surface area contributed by atoms with E-state index < -0.39 is 0 Å². The Kier molecular flexibility index (Phi) is 7.32. The lowest BCUT2D eigenvalue weighted by atomic mass is 9.94. The van der Waals surface area contributed by atoms with Gasteiger partial charge in [0.05, 0.1) is 11.4 Å². The fourth-order valence-corrected chi connectivity index (χ4v) is 8.03. The van der Waals surface area contributed by atoms with E-state index in [1.54, 1.807) is 0 Å². The minimum absolute atomic E-state index is 0.908. The molecule has 0 N–H and O–H groups in total. The van der Waals surface area contributed by atoms with Gasteiger partial charge in [0.15, 0.2) is 0 Å². The number of para-hydroxylation sites is 3. The monoisotopic (exact) mass is 665 g/mol. The molecular formula is C50H35NO. The zero-order valence-electron chi connectivity index (χ0n) is 28.7. The van der Waals surface area contributed by atoms with Gasteiger partial charge in [0.2, 0.25) is 0 Å². The Morgan fingerprint density at radius 1 is 0.404 bits per heavy atom. The van der Waals surface area contributed by atoms with E-state index >= 15 is 0 Å². The predicted molar refractivity (Wildman–Crippen MR) is 221 cm³/mol. The molecule has 246 valence electrons. The van der Waals surface area contributed by atoms with E-state index in [0.717, 1.165) is 74.1 Å². The topological polar surface area (TPSA) is 16.4 Å². The molecule has 1 aliphatic rings. The van der Waals surface area contributed by atoms with Gasteiger partial charge in [-0.1, -0.05) is 164 Å². The second-order valence-electron chi connectivity index (χ2n) is 13.5. The Labute approximate surface area is 303 Å². The van der Waals surface area contributed by atoms with Crippen LogP contribution in [0.25, 0.3) is 71.3 Å². The van der Waals surface area contributed by atoms with Crippen molar-refractivity contribution in [2.45, 2.75) is 12.8 Å². The molecule has 0 radical (unpaired) electrons. The van der Waals surface area contributed by atoms with Gasteiger partial charge in [0, 0.05) is 38.4 Å². The molecule has 9 aromatic rings. The van der Waals surface area contributed by atoms with Crippen LogP contribution in [0, 0.1) is 0 Å². The highest BCUT2D eigenvalue weighted by Gasteiger charge is 2.21. The largest absolute Gasteiger partial charge is 0.455 e. The van der Waals surface area contributed by atoms with Crippen LogP contribution >= 0.6 is 0 Å². The quantitative estimate of drug-likeness (QED) is 0.176. The number of furan rings is 1. The van der Waals surface area contributed by atoms with Crippen LogP contribution < -0.4 is 4.90 Å². The van der Waals surface area contributed by atoms with Gasteiger partial charge in [-0.25, -0.2) is 0 Å². The predicted octanol–water partition coefficient (Wildman–Crippen LogP) is 14.4. The molecule has 0 saturated carbocycles. The lowest BCUT2D eigenvalue weighted by molar-refractivity contribution is 0.671. The normalized spacial score (nSPS) is 12.9. The summed E-state index contributed by atoms with van der Waals surface area (Å²) in [4.78, 5) is 2.40. The second-order valence-corrected chi connectivity index (χ2v) is 13.5. The number of allylic oxidation sites excluding steroid dienone is 4. The van der Waals surface area contributed by atoms with Gasteiger partial charge in [0.1, 0.15) is 11.2 Å². The summed E-state index contributed by atoms with van der Waals surface area (Å²) in [6.45, 7) is 0. The summed E-state index contributed by atoms with van der Waals surface area (Å²) in [7, 11) is 0. The Hall–Kier alpha value is -6.64. The standard InChI is InChI=1S/C50H35NO/c1-3-14-34(15-4-1)35-28-30-37(31-29-35)40-23-12-25-45-46-26-13-24-44(50(46)52-49(40)45)42-32-33-48(43-22-10-9-21-41(42)43)51(38-18-5-2-6-19-38)47-27-11-17-36-16-7-8-20-39(36)47/h2-3,5-33H,1,4H2. The van der Waals surface area contributed by atoms with Crippen molar-refractivity contribution in [3.05, 3.63) is 194 Å². The van der Waals surface area contributed by atoms with Gasteiger partial charge in [-0.05, 0) is 70.1 Å². The highest BCUT2D eigenvalue weighted by atomic mass is 16.3. The molecule has 1 aromatic heterocycles. The lowest BCUT2D eigenvalue weighted by Crippen LogP contribution is -2.11. The van der Waals surface area contributed by atoms with Gasteiger partial charge in [0.25, 0.3) is 0 Å². The first-order chi connectivity index (χ1) is 25.8. The molecule has 0 aliphatic heterocycles.